The van der Waals surface area contributed by atoms with Crippen LogP contribution in [-0.4, -0.2) is 40.6 Å². The van der Waals surface area contributed by atoms with Gasteiger partial charge in [-0.2, -0.15) is 0 Å². The van der Waals surface area contributed by atoms with Crippen LogP contribution in [0, 0.1) is 0 Å². The molecule has 0 saturated heterocycles. The van der Waals surface area contributed by atoms with Gasteiger partial charge in [-0.1, -0.05) is 26.7 Å². The fraction of sp³-hybridized carbons (Fsp3) is 0.538. The highest BCUT2D eigenvalue weighted by molar-refractivity contribution is 5.47. The van der Waals surface area contributed by atoms with Crippen molar-refractivity contribution in [3.63, 3.8) is 0 Å². The quantitative estimate of drug-likeness (QED) is 0.296. The van der Waals surface area contributed by atoms with E-state index in [2.05, 4.69) is 13.8 Å². The average molecular weight is 431 g/mol. The molecule has 0 fully saturated rings. The first-order valence-corrected chi connectivity index (χ1v) is 11.4. The van der Waals surface area contributed by atoms with E-state index in [1.165, 1.54) is 0 Å². The van der Waals surface area contributed by atoms with E-state index in [1.807, 2.05) is 36.4 Å². The van der Waals surface area contributed by atoms with Crippen LogP contribution in [0.15, 0.2) is 36.4 Å². The summed E-state index contributed by atoms with van der Waals surface area (Å²) in [4.78, 5) is 0. The second-order valence-electron chi connectivity index (χ2n) is 7.48. The van der Waals surface area contributed by atoms with Gasteiger partial charge < -0.3 is 23.7 Å². The first-order chi connectivity index (χ1) is 15.2. The van der Waals surface area contributed by atoms with Crippen LogP contribution in [0.2, 0.25) is 0 Å². The molecule has 0 amide bonds. The van der Waals surface area contributed by atoms with Crippen molar-refractivity contribution in [3.8, 4) is 23.0 Å². The van der Waals surface area contributed by atoms with Crippen molar-refractivity contribution >= 4 is 0 Å². The average Bonchev–Trinajstić information content (AvgIpc) is 2.80. The van der Waals surface area contributed by atoms with Gasteiger partial charge in [0.1, 0.15) is 23.0 Å². The van der Waals surface area contributed by atoms with Crippen LogP contribution in [0.1, 0.15) is 50.7 Å². The van der Waals surface area contributed by atoms with Crippen molar-refractivity contribution in [3.05, 3.63) is 47.5 Å². The summed E-state index contributed by atoms with van der Waals surface area (Å²) in [6.45, 7) is 7.22. The van der Waals surface area contributed by atoms with E-state index in [0.717, 1.165) is 85.9 Å². The molecule has 0 N–H and O–H groups in total. The monoisotopic (exact) mass is 430 g/mol. The molecule has 2 rings (SSSR count). The third kappa shape index (κ3) is 8.80. The maximum absolute atomic E-state index is 6.37. The van der Waals surface area contributed by atoms with E-state index < -0.39 is 0 Å². The summed E-state index contributed by atoms with van der Waals surface area (Å²) in [6.07, 6.45) is 5.96. The number of rotatable bonds is 16. The molecule has 5 nitrogen and oxygen atoms in total. The molecule has 0 unspecified atom stereocenters. The van der Waals surface area contributed by atoms with Crippen molar-refractivity contribution in [1.29, 1.82) is 0 Å². The Hall–Kier alpha value is -2.24. The highest BCUT2D eigenvalue weighted by atomic mass is 16.5. The summed E-state index contributed by atoms with van der Waals surface area (Å²) in [7, 11) is 3.36. The first kappa shape index (κ1) is 25.0. The highest BCUT2D eigenvalue weighted by Crippen LogP contribution is 2.33. The van der Waals surface area contributed by atoms with E-state index in [1.54, 1.807) is 14.2 Å². The summed E-state index contributed by atoms with van der Waals surface area (Å²) in [5.74, 6) is 3.27. The third-order valence-corrected chi connectivity index (χ3v) is 5.07. The van der Waals surface area contributed by atoms with Crippen LogP contribution >= 0.6 is 0 Å². The summed E-state index contributed by atoms with van der Waals surface area (Å²) in [5, 5.41) is 0. The zero-order valence-electron chi connectivity index (χ0n) is 19.6. The predicted octanol–water partition coefficient (Wildman–Crippen LogP) is 6.21. The van der Waals surface area contributed by atoms with Crippen LogP contribution in [-0.2, 0) is 22.3 Å². The van der Waals surface area contributed by atoms with Crippen molar-refractivity contribution in [2.75, 3.05) is 40.6 Å². The third-order valence-electron chi connectivity index (χ3n) is 5.07. The van der Waals surface area contributed by atoms with Gasteiger partial charge in [0.05, 0.1) is 27.4 Å². The number of unbranched alkanes of at least 4 members (excludes halogenated alkanes) is 2. The second-order valence-corrected chi connectivity index (χ2v) is 7.48. The fourth-order valence-electron chi connectivity index (χ4n) is 3.14. The largest absolute Gasteiger partial charge is 0.497 e. The smallest absolute Gasteiger partial charge is 0.130 e. The molecule has 0 spiro atoms. The Morgan fingerprint density at radius 2 is 1.06 bits per heavy atom. The summed E-state index contributed by atoms with van der Waals surface area (Å²) < 4.78 is 28.7. The zero-order chi connectivity index (χ0) is 22.3. The molecule has 0 bridgehead atoms. The van der Waals surface area contributed by atoms with E-state index in [0.29, 0.717) is 13.2 Å². The molecular weight excluding hydrogens is 392 g/mol. The number of hydrogen-bond donors (Lipinski definition) is 0. The lowest BCUT2D eigenvalue weighted by Gasteiger charge is -2.16. The standard InChI is InChI=1S/C26H38O5/c1-5-7-15-29-17-13-21-19-23(27-3)9-11-25(21)31-26-12-10-24(28-4)20-22(26)14-18-30-16-8-6-2/h9-12,19-20H,5-8,13-18H2,1-4H3. The lowest BCUT2D eigenvalue weighted by molar-refractivity contribution is 0.133. The van der Waals surface area contributed by atoms with Crippen molar-refractivity contribution < 1.29 is 23.7 Å². The fourth-order valence-corrected chi connectivity index (χ4v) is 3.14. The molecule has 0 atom stereocenters. The Morgan fingerprint density at radius 3 is 1.45 bits per heavy atom. The van der Waals surface area contributed by atoms with E-state index in [-0.39, 0.29) is 0 Å². The molecule has 5 heteroatoms. The summed E-state index contributed by atoms with van der Waals surface area (Å²) in [5.41, 5.74) is 2.13. The van der Waals surface area contributed by atoms with Crippen LogP contribution in [0.3, 0.4) is 0 Å². The molecule has 0 aliphatic rings. The van der Waals surface area contributed by atoms with Gasteiger partial charge in [0.25, 0.3) is 0 Å². The maximum atomic E-state index is 6.37. The SMILES string of the molecule is CCCCOCCc1cc(OC)ccc1Oc1ccc(OC)cc1CCOCCCC. The minimum absolute atomic E-state index is 0.657. The lowest BCUT2D eigenvalue weighted by atomic mass is 10.1. The van der Waals surface area contributed by atoms with Gasteiger partial charge in [-0.25, -0.2) is 0 Å². The van der Waals surface area contributed by atoms with E-state index >= 15 is 0 Å². The van der Waals surface area contributed by atoms with Gasteiger partial charge in [0, 0.05) is 24.3 Å². The molecule has 0 aromatic heterocycles. The molecule has 0 aliphatic carbocycles. The Bertz CT molecular complexity index is 696. The van der Waals surface area contributed by atoms with Crippen LogP contribution in [0.5, 0.6) is 23.0 Å². The maximum Gasteiger partial charge on any atom is 0.130 e. The lowest BCUT2D eigenvalue weighted by Crippen LogP contribution is -2.04. The molecule has 172 valence electrons. The van der Waals surface area contributed by atoms with Crippen molar-refractivity contribution in [1.82, 2.24) is 0 Å². The molecule has 0 heterocycles. The van der Waals surface area contributed by atoms with Crippen LogP contribution in [0.4, 0.5) is 0 Å². The molecule has 0 radical (unpaired) electrons. The topological polar surface area (TPSA) is 46.2 Å². The zero-order valence-corrected chi connectivity index (χ0v) is 19.6. The van der Waals surface area contributed by atoms with Gasteiger partial charge in [0.15, 0.2) is 0 Å². The minimum Gasteiger partial charge on any atom is -0.497 e. The number of hydrogen-bond acceptors (Lipinski definition) is 5. The normalized spacial score (nSPS) is 10.8. The Balaban J connectivity index is 2.13. The highest BCUT2D eigenvalue weighted by Gasteiger charge is 2.12. The van der Waals surface area contributed by atoms with Crippen molar-refractivity contribution in [2.45, 2.75) is 52.4 Å². The van der Waals surface area contributed by atoms with Gasteiger partial charge in [-0.05, 0) is 62.1 Å². The molecule has 0 saturated carbocycles. The van der Waals surface area contributed by atoms with Gasteiger partial charge in [-0.3, -0.25) is 0 Å². The molecule has 2 aromatic rings. The Labute approximate surface area is 187 Å². The second kappa shape index (κ2) is 14.7. The number of benzene rings is 2. The van der Waals surface area contributed by atoms with Crippen LogP contribution in [0.25, 0.3) is 0 Å². The molecular formula is C26H38O5. The van der Waals surface area contributed by atoms with Gasteiger partial charge in [-0.15, -0.1) is 0 Å². The number of ether oxygens (including phenoxy) is 5. The van der Waals surface area contributed by atoms with E-state index in [9.17, 15) is 0 Å². The Kier molecular flexibility index (Phi) is 11.9. The van der Waals surface area contributed by atoms with Gasteiger partial charge >= 0.3 is 0 Å². The summed E-state index contributed by atoms with van der Waals surface area (Å²) >= 11 is 0. The minimum atomic E-state index is 0.657. The first-order valence-electron chi connectivity index (χ1n) is 11.4. The summed E-state index contributed by atoms with van der Waals surface area (Å²) in [6, 6.07) is 11.8. The Morgan fingerprint density at radius 1 is 0.613 bits per heavy atom. The molecule has 0 aliphatic heterocycles. The number of methoxy groups -OCH3 is 2. The molecule has 2 aromatic carbocycles. The van der Waals surface area contributed by atoms with Crippen LogP contribution < -0.4 is 14.2 Å². The van der Waals surface area contributed by atoms with E-state index in [4.69, 9.17) is 23.7 Å². The molecule has 31 heavy (non-hydrogen) atoms. The van der Waals surface area contributed by atoms with Crippen molar-refractivity contribution in [2.24, 2.45) is 0 Å². The predicted molar refractivity (Wildman–Crippen MR) is 125 cm³/mol. The van der Waals surface area contributed by atoms with Gasteiger partial charge in [0.2, 0.25) is 0 Å².